The van der Waals surface area contributed by atoms with E-state index < -0.39 is 17.5 Å². The van der Waals surface area contributed by atoms with E-state index in [4.69, 9.17) is 0 Å². The third kappa shape index (κ3) is 6.46. The Bertz CT molecular complexity index is 1220. The SMILES string of the molecule is CC(C)(C)C(=O)CN1C(=O)C(NC(=O)Nc2ccccc2)CN(c2ccccc2)c2ccccc21.[Ca+2].[H-].[H-]. The largest absolute Gasteiger partial charge is 2.00 e. The summed E-state index contributed by atoms with van der Waals surface area (Å²) in [6.07, 6.45) is 0. The van der Waals surface area contributed by atoms with Gasteiger partial charge in [-0.05, 0) is 36.4 Å². The van der Waals surface area contributed by atoms with Crippen molar-refractivity contribution in [1.82, 2.24) is 5.32 Å². The second kappa shape index (κ2) is 11.9. The van der Waals surface area contributed by atoms with Crippen molar-refractivity contribution < 1.29 is 17.2 Å². The number of ketones is 1. The van der Waals surface area contributed by atoms with E-state index in [0.29, 0.717) is 11.4 Å². The summed E-state index contributed by atoms with van der Waals surface area (Å²) >= 11 is 0. The number of benzene rings is 3. The van der Waals surface area contributed by atoms with E-state index in [2.05, 4.69) is 10.6 Å². The van der Waals surface area contributed by atoms with Gasteiger partial charge in [-0.3, -0.25) is 9.59 Å². The van der Waals surface area contributed by atoms with Gasteiger partial charge in [0, 0.05) is 16.8 Å². The van der Waals surface area contributed by atoms with Crippen LogP contribution in [0.15, 0.2) is 84.9 Å². The van der Waals surface area contributed by atoms with Gasteiger partial charge < -0.3 is 23.3 Å². The normalized spacial score (nSPS) is 15.3. The molecule has 1 aliphatic rings. The van der Waals surface area contributed by atoms with E-state index in [1.807, 2.05) is 98.5 Å². The molecule has 0 bridgehead atoms. The van der Waals surface area contributed by atoms with E-state index in [1.54, 1.807) is 12.1 Å². The maximum absolute atomic E-state index is 13.8. The van der Waals surface area contributed by atoms with Crippen molar-refractivity contribution in [2.24, 2.45) is 5.41 Å². The molecule has 184 valence electrons. The van der Waals surface area contributed by atoms with Gasteiger partial charge in [0.05, 0.1) is 24.5 Å². The monoisotopic (exact) mass is 512 g/mol. The molecule has 0 saturated heterocycles. The zero-order valence-corrected chi connectivity index (χ0v) is 23.1. The summed E-state index contributed by atoms with van der Waals surface area (Å²) in [5, 5.41) is 5.62. The summed E-state index contributed by atoms with van der Waals surface area (Å²) in [7, 11) is 0. The average Bonchev–Trinajstić information content (AvgIpc) is 2.95. The van der Waals surface area contributed by atoms with Crippen LogP contribution in [-0.2, 0) is 9.59 Å². The number of carbonyl (C=O) groups excluding carboxylic acids is 3. The molecule has 3 aromatic rings. The molecule has 0 fully saturated rings. The van der Waals surface area contributed by atoms with Gasteiger partial charge in [0.1, 0.15) is 6.04 Å². The molecule has 3 amide bonds. The van der Waals surface area contributed by atoms with Crippen LogP contribution in [0.2, 0.25) is 0 Å². The van der Waals surface area contributed by atoms with Gasteiger partial charge in [-0.2, -0.15) is 0 Å². The quantitative estimate of drug-likeness (QED) is 0.480. The van der Waals surface area contributed by atoms with Crippen LogP contribution in [0.25, 0.3) is 0 Å². The molecule has 1 unspecified atom stereocenters. The van der Waals surface area contributed by atoms with Crippen molar-refractivity contribution in [2.45, 2.75) is 26.8 Å². The molecule has 2 N–H and O–H groups in total. The van der Waals surface area contributed by atoms with Crippen LogP contribution in [0.5, 0.6) is 0 Å². The maximum atomic E-state index is 13.8. The van der Waals surface area contributed by atoms with Crippen molar-refractivity contribution in [3.8, 4) is 0 Å². The fraction of sp³-hybridized carbons (Fsp3) is 0.250. The zero-order valence-electron chi connectivity index (χ0n) is 22.9. The number of para-hydroxylation sites is 4. The first-order valence-electron chi connectivity index (χ1n) is 11.6. The number of amides is 3. The molecule has 0 spiro atoms. The van der Waals surface area contributed by atoms with Crippen LogP contribution >= 0.6 is 0 Å². The molecule has 0 aliphatic carbocycles. The van der Waals surface area contributed by atoms with Crippen LogP contribution in [0.4, 0.5) is 27.5 Å². The van der Waals surface area contributed by atoms with Gasteiger partial charge in [-0.15, -0.1) is 0 Å². The molecule has 1 atom stereocenters. The number of carbonyl (C=O) groups is 3. The van der Waals surface area contributed by atoms with Crippen molar-refractivity contribution in [1.29, 1.82) is 0 Å². The topological polar surface area (TPSA) is 81.8 Å². The minimum absolute atomic E-state index is 0. The number of hydrogen-bond acceptors (Lipinski definition) is 4. The van der Waals surface area contributed by atoms with Gasteiger partial charge in [0.2, 0.25) is 0 Å². The third-order valence-electron chi connectivity index (χ3n) is 5.94. The first-order valence-corrected chi connectivity index (χ1v) is 11.6. The minimum Gasteiger partial charge on any atom is -1.00 e. The number of rotatable bonds is 5. The Labute approximate surface area is 244 Å². The second-order valence-corrected chi connectivity index (χ2v) is 9.55. The Hall–Kier alpha value is -2.87. The standard InChI is InChI=1S/C28H30N4O3.Ca.2H/c1-28(2,3)25(33)19-32-24-17-11-10-16-23(24)31(21-14-8-5-9-15-21)18-22(26(32)34)30-27(35)29-20-12-6-4-7-13-20;;;/h4-17,22H,18-19H2,1-3H3,(H2,29,30,35);;;/q;+2;2*-1. The smallest absolute Gasteiger partial charge is 1.00 e. The Balaban J connectivity index is 0.00000241. The van der Waals surface area contributed by atoms with Crippen molar-refractivity contribution >= 4 is 78.2 Å². The van der Waals surface area contributed by atoms with Crippen LogP contribution in [0.3, 0.4) is 0 Å². The maximum Gasteiger partial charge on any atom is 2.00 e. The van der Waals surface area contributed by atoms with E-state index in [1.165, 1.54) is 4.90 Å². The minimum atomic E-state index is -0.890. The number of fused-ring (bicyclic) bond motifs is 1. The van der Waals surface area contributed by atoms with Crippen LogP contribution in [0, 0.1) is 5.41 Å². The number of anilines is 4. The summed E-state index contributed by atoms with van der Waals surface area (Å²) in [5.41, 5.74) is 2.31. The Morgan fingerprint density at radius 3 is 2.06 bits per heavy atom. The molecule has 7 nitrogen and oxygen atoms in total. The van der Waals surface area contributed by atoms with Gasteiger partial charge in [-0.25, -0.2) is 4.79 Å². The molecule has 0 radical (unpaired) electrons. The number of nitrogens with zero attached hydrogens (tertiary/aromatic N) is 2. The molecular formula is C28H32CaN4O3. The van der Waals surface area contributed by atoms with Gasteiger partial charge in [0.25, 0.3) is 5.91 Å². The molecule has 0 aromatic heterocycles. The molecule has 8 heteroatoms. The summed E-state index contributed by atoms with van der Waals surface area (Å²) in [4.78, 5) is 43.2. The van der Waals surface area contributed by atoms with E-state index in [9.17, 15) is 14.4 Å². The zero-order chi connectivity index (χ0) is 25.0. The van der Waals surface area contributed by atoms with Gasteiger partial charge >= 0.3 is 43.8 Å². The average molecular weight is 513 g/mol. The summed E-state index contributed by atoms with van der Waals surface area (Å²) in [6, 6.07) is 24.9. The first-order chi connectivity index (χ1) is 16.7. The fourth-order valence-electron chi connectivity index (χ4n) is 3.94. The number of nitrogens with one attached hydrogen (secondary N) is 2. The van der Waals surface area contributed by atoms with Crippen LogP contribution < -0.4 is 20.4 Å². The Morgan fingerprint density at radius 1 is 0.889 bits per heavy atom. The number of hydrogen-bond donors (Lipinski definition) is 2. The summed E-state index contributed by atoms with van der Waals surface area (Å²) < 4.78 is 0. The molecule has 3 aromatic carbocycles. The molecule has 36 heavy (non-hydrogen) atoms. The Kier molecular flexibility index (Phi) is 9.17. The number of urea groups is 1. The van der Waals surface area contributed by atoms with E-state index >= 15 is 0 Å². The van der Waals surface area contributed by atoms with E-state index in [-0.39, 0.29) is 65.4 Å². The van der Waals surface area contributed by atoms with Crippen LogP contribution in [0.1, 0.15) is 23.6 Å². The van der Waals surface area contributed by atoms with Crippen molar-refractivity contribution in [3.63, 3.8) is 0 Å². The molecule has 1 aliphatic heterocycles. The van der Waals surface area contributed by atoms with E-state index in [0.717, 1.165) is 11.4 Å². The van der Waals surface area contributed by atoms with Crippen molar-refractivity contribution in [2.75, 3.05) is 28.2 Å². The molecule has 1 heterocycles. The van der Waals surface area contributed by atoms with Gasteiger partial charge in [0.15, 0.2) is 5.78 Å². The number of Topliss-reactive ketones (excluding diaryl/α,β-unsaturated/α-hetero) is 1. The third-order valence-corrected chi connectivity index (χ3v) is 5.94. The predicted octanol–water partition coefficient (Wildman–Crippen LogP) is 4.82. The summed E-state index contributed by atoms with van der Waals surface area (Å²) in [5.74, 6) is -0.405. The predicted molar refractivity (Wildman–Crippen MR) is 147 cm³/mol. The second-order valence-electron chi connectivity index (χ2n) is 9.55. The van der Waals surface area contributed by atoms with Crippen molar-refractivity contribution in [3.05, 3.63) is 84.9 Å². The fourth-order valence-corrected chi connectivity index (χ4v) is 3.94. The first kappa shape index (κ1) is 27.7. The molecular weight excluding hydrogens is 480 g/mol. The summed E-state index contributed by atoms with van der Waals surface area (Å²) in [6.45, 7) is 5.64. The van der Waals surface area contributed by atoms with Gasteiger partial charge in [-0.1, -0.05) is 69.3 Å². The molecule has 0 saturated carbocycles. The Morgan fingerprint density at radius 2 is 1.44 bits per heavy atom. The van der Waals surface area contributed by atoms with Crippen LogP contribution in [-0.4, -0.2) is 74.6 Å². The molecule has 4 rings (SSSR count).